The molecule has 94 valence electrons. The van der Waals surface area contributed by atoms with Gasteiger partial charge in [0.1, 0.15) is 5.82 Å². The largest absolute Gasteiger partial charge is 0.481 e. The van der Waals surface area contributed by atoms with Crippen LogP contribution in [0, 0.1) is 5.82 Å². The normalized spacial score (nSPS) is 12.7. The van der Waals surface area contributed by atoms with E-state index >= 15 is 0 Å². The standard InChI is InChI=1S/C12H17FN2O2/c1-15(8-10(14)6-12(16)17)7-9-4-2-3-5-11(9)13/h2-5,10H,6-8,14H2,1H3,(H,16,17). The molecule has 17 heavy (non-hydrogen) atoms. The van der Waals surface area contributed by atoms with Crippen LogP contribution in [0.2, 0.25) is 0 Å². The first-order valence-electron chi connectivity index (χ1n) is 5.38. The van der Waals surface area contributed by atoms with Crippen molar-refractivity contribution in [3.63, 3.8) is 0 Å². The lowest BCUT2D eigenvalue weighted by atomic mass is 10.1. The van der Waals surface area contributed by atoms with Crippen LogP contribution >= 0.6 is 0 Å². The highest BCUT2D eigenvalue weighted by Gasteiger charge is 2.12. The predicted octanol–water partition coefficient (Wildman–Crippen LogP) is 1.06. The van der Waals surface area contributed by atoms with Crippen LogP contribution in [0.5, 0.6) is 0 Å². The second-order valence-electron chi connectivity index (χ2n) is 4.15. The summed E-state index contributed by atoms with van der Waals surface area (Å²) >= 11 is 0. The maximum atomic E-state index is 13.3. The second-order valence-corrected chi connectivity index (χ2v) is 4.15. The Balaban J connectivity index is 2.47. The van der Waals surface area contributed by atoms with E-state index in [9.17, 15) is 9.18 Å². The molecule has 0 radical (unpaired) electrons. The van der Waals surface area contributed by atoms with E-state index in [0.717, 1.165) is 0 Å². The molecule has 0 spiro atoms. The van der Waals surface area contributed by atoms with Gasteiger partial charge in [0.15, 0.2) is 0 Å². The van der Waals surface area contributed by atoms with Gasteiger partial charge in [0, 0.05) is 24.7 Å². The maximum Gasteiger partial charge on any atom is 0.304 e. The minimum absolute atomic E-state index is 0.0817. The molecule has 0 saturated heterocycles. The molecule has 0 aliphatic carbocycles. The SMILES string of the molecule is CN(Cc1ccccc1F)CC(N)CC(=O)O. The maximum absolute atomic E-state index is 13.3. The zero-order chi connectivity index (χ0) is 12.8. The van der Waals surface area contributed by atoms with Crippen LogP contribution in [-0.4, -0.2) is 35.6 Å². The quantitative estimate of drug-likeness (QED) is 0.780. The van der Waals surface area contributed by atoms with Gasteiger partial charge in [-0.05, 0) is 13.1 Å². The van der Waals surface area contributed by atoms with Crippen molar-refractivity contribution in [2.75, 3.05) is 13.6 Å². The Labute approximate surface area is 99.8 Å². The van der Waals surface area contributed by atoms with Gasteiger partial charge >= 0.3 is 5.97 Å². The number of halogens is 1. The van der Waals surface area contributed by atoms with Crippen molar-refractivity contribution in [1.29, 1.82) is 0 Å². The molecule has 5 heteroatoms. The van der Waals surface area contributed by atoms with Gasteiger partial charge in [0.2, 0.25) is 0 Å². The molecule has 1 rings (SSSR count). The van der Waals surface area contributed by atoms with Crippen LogP contribution < -0.4 is 5.73 Å². The fourth-order valence-electron chi connectivity index (χ4n) is 1.67. The average molecular weight is 240 g/mol. The third kappa shape index (κ3) is 4.93. The molecule has 3 N–H and O–H groups in total. The van der Waals surface area contributed by atoms with Gasteiger partial charge in [0.05, 0.1) is 6.42 Å². The number of carbonyl (C=O) groups is 1. The van der Waals surface area contributed by atoms with Crippen LogP contribution in [0.1, 0.15) is 12.0 Å². The molecule has 0 heterocycles. The molecule has 1 aromatic carbocycles. The number of hydrogen-bond donors (Lipinski definition) is 2. The molecule has 0 aromatic heterocycles. The van der Waals surface area contributed by atoms with Gasteiger partial charge in [-0.2, -0.15) is 0 Å². The zero-order valence-corrected chi connectivity index (χ0v) is 9.77. The van der Waals surface area contributed by atoms with E-state index in [1.165, 1.54) is 6.07 Å². The number of nitrogens with two attached hydrogens (primary N) is 1. The predicted molar refractivity (Wildman–Crippen MR) is 63.0 cm³/mol. The lowest BCUT2D eigenvalue weighted by Crippen LogP contribution is -2.36. The summed E-state index contributed by atoms with van der Waals surface area (Å²) < 4.78 is 13.3. The van der Waals surface area contributed by atoms with Crippen LogP contribution in [0.4, 0.5) is 4.39 Å². The monoisotopic (exact) mass is 240 g/mol. The van der Waals surface area contributed by atoms with E-state index in [0.29, 0.717) is 18.7 Å². The van der Waals surface area contributed by atoms with E-state index in [2.05, 4.69) is 0 Å². The number of hydrogen-bond acceptors (Lipinski definition) is 3. The Morgan fingerprint density at radius 3 is 2.76 bits per heavy atom. The topological polar surface area (TPSA) is 66.6 Å². The molecule has 0 fully saturated rings. The minimum atomic E-state index is -0.920. The molecular formula is C12H17FN2O2. The van der Waals surface area contributed by atoms with E-state index in [4.69, 9.17) is 10.8 Å². The first kappa shape index (κ1) is 13.6. The summed E-state index contributed by atoms with van der Waals surface area (Å²) in [5.74, 6) is -1.18. The Kier molecular flexibility index (Phi) is 5.06. The lowest BCUT2D eigenvalue weighted by Gasteiger charge is -2.20. The summed E-state index contributed by atoms with van der Waals surface area (Å²) in [6.07, 6.45) is -0.0817. The third-order valence-electron chi connectivity index (χ3n) is 2.38. The zero-order valence-electron chi connectivity index (χ0n) is 9.77. The Morgan fingerprint density at radius 2 is 2.18 bits per heavy atom. The van der Waals surface area contributed by atoms with Gasteiger partial charge in [-0.3, -0.25) is 4.79 Å². The molecule has 4 nitrogen and oxygen atoms in total. The summed E-state index contributed by atoms with van der Waals surface area (Å²) in [7, 11) is 1.79. The molecule has 0 amide bonds. The number of carboxylic acid groups (broad SMARTS) is 1. The Bertz CT molecular complexity index is 385. The second kappa shape index (κ2) is 6.32. The molecular weight excluding hydrogens is 223 g/mol. The highest BCUT2D eigenvalue weighted by molar-refractivity contribution is 5.67. The van der Waals surface area contributed by atoms with Crippen molar-refractivity contribution < 1.29 is 14.3 Å². The summed E-state index contributed by atoms with van der Waals surface area (Å²) in [5, 5.41) is 8.57. The van der Waals surface area contributed by atoms with E-state index in [-0.39, 0.29) is 12.2 Å². The van der Waals surface area contributed by atoms with E-state index in [1.54, 1.807) is 25.2 Å². The van der Waals surface area contributed by atoms with Gasteiger partial charge in [-0.25, -0.2) is 4.39 Å². The van der Waals surface area contributed by atoms with Gasteiger partial charge < -0.3 is 15.7 Å². The molecule has 0 saturated carbocycles. The van der Waals surface area contributed by atoms with Gasteiger partial charge in [0.25, 0.3) is 0 Å². The van der Waals surface area contributed by atoms with Crippen molar-refractivity contribution in [3.8, 4) is 0 Å². The molecule has 0 aliphatic rings. The number of nitrogens with zero attached hydrogens (tertiary/aromatic N) is 1. The van der Waals surface area contributed by atoms with Gasteiger partial charge in [-0.15, -0.1) is 0 Å². The van der Waals surface area contributed by atoms with Crippen LogP contribution in [0.25, 0.3) is 0 Å². The Hall–Kier alpha value is -1.46. The van der Waals surface area contributed by atoms with Crippen molar-refractivity contribution in [3.05, 3.63) is 35.6 Å². The first-order chi connectivity index (χ1) is 7.99. The lowest BCUT2D eigenvalue weighted by molar-refractivity contribution is -0.137. The fraction of sp³-hybridized carbons (Fsp3) is 0.417. The summed E-state index contributed by atoms with van der Waals surface area (Å²) in [6.45, 7) is 0.834. The molecule has 0 bridgehead atoms. The molecule has 1 atom stereocenters. The number of benzene rings is 1. The van der Waals surface area contributed by atoms with E-state index in [1.807, 2.05) is 4.90 Å². The Morgan fingerprint density at radius 1 is 1.53 bits per heavy atom. The summed E-state index contributed by atoms with van der Waals surface area (Å²) in [4.78, 5) is 12.3. The highest BCUT2D eigenvalue weighted by Crippen LogP contribution is 2.09. The van der Waals surface area contributed by atoms with Crippen molar-refractivity contribution >= 4 is 5.97 Å². The van der Waals surface area contributed by atoms with Crippen molar-refractivity contribution in [2.45, 2.75) is 19.0 Å². The fourth-order valence-corrected chi connectivity index (χ4v) is 1.67. The average Bonchev–Trinajstić information content (AvgIpc) is 2.19. The number of carboxylic acids is 1. The third-order valence-corrected chi connectivity index (χ3v) is 2.38. The highest BCUT2D eigenvalue weighted by atomic mass is 19.1. The summed E-state index contributed by atoms with van der Waals surface area (Å²) in [6, 6.07) is 6.07. The number of aliphatic carboxylic acids is 1. The van der Waals surface area contributed by atoms with Gasteiger partial charge in [-0.1, -0.05) is 18.2 Å². The number of likely N-dealkylation sites (N-methyl/N-ethyl adjacent to an activating group) is 1. The first-order valence-corrected chi connectivity index (χ1v) is 5.38. The smallest absolute Gasteiger partial charge is 0.304 e. The molecule has 1 aromatic rings. The molecule has 1 unspecified atom stereocenters. The van der Waals surface area contributed by atoms with Crippen LogP contribution in [0.15, 0.2) is 24.3 Å². The minimum Gasteiger partial charge on any atom is -0.481 e. The van der Waals surface area contributed by atoms with E-state index < -0.39 is 12.0 Å². The van der Waals surface area contributed by atoms with Crippen LogP contribution in [0.3, 0.4) is 0 Å². The van der Waals surface area contributed by atoms with Crippen LogP contribution in [-0.2, 0) is 11.3 Å². The van der Waals surface area contributed by atoms with Crippen molar-refractivity contribution in [2.24, 2.45) is 5.73 Å². The van der Waals surface area contributed by atoms with Crippen molar-refractivity contribution in [1.82, 2.24) is 4.90 Å². The summed E-state index contributed by atoms with van der Waals surface area (Å²) in [5.41, 5.74) is 6.23. The number of rotatable bonds is 6. The molecule has 0 aliphatic heterocycles.